The van der Waals surface area contributed by atoms with Crippen LogP contribution in [0.3, 0.4) is 0 Å². The van der Waals surface area contributed by atoms with E-state index in [4.69, 9.17) is 14.4 Å². The number of amides is 1. The molecule has 3 heterocycles. The van der Waals surface area contributed by atoms with Gasteiger partial charge in [0.25, 0.3) is 0 Å². The Balaban J connectivity index is 1.30. The van der Waals surface area contributed by atoms with Crippen LogP contribution in [0.25, 0.3) is 0 Å². The first-order chi connectivity index (χ1) is 13.3. The Labute approximate surface area is 158 Å². The highest BCUT2D eigenvalue weighted by atomic mass is 16.5. The van der Waals surface area contributed by atoms with Crippen molar-refractivity contribution in [1.29, 1.82) is 5.26 Å². The van der Waals surface area contributed by atoms with Gasteiger partial charge in [-0.25, -0.2) is 4.98 Å². The molecule has 0 radical (unpaired) electrons. The Bertz CT molecular complexity index is 745. The molecule has 0 spiro atoms. The monoisotopic (exact) mass is 368 g/mol. The summed E-state index contributed by atoms with van der Waals surface area (Å²) in [4.78, 5) is 18.8. The van der Waals surface area contributed by atoms with E-state index in [1.54, 1.807) is 18.5 Å². The molecule has 0 aliphatic carbocycles. The molecule has 7 heteroatoms. The van der Waals surface area contributed by atoms with E-state index < -0.39 is 0 Å². The zero-order valence-electron chi connectivity index (χ0n) is 15.3. The molecule has 0 saturated carbocycles. The number of nitrogens with one attached hydrogen (secondary N) is 1. The number of anilines is 1. The van der Waals surface area contributed by atoms with E-state index in [9.17, 15) is 4.79 Å². The predicted octanol–water partition coefficient (Wildman–Crippen LogP) is 2.49. The van der Waals surface area contributed by atoms with Gasteiger partial charge in [-0.15, -0.1) is 0 Å². The summed E-state index contributed by atoms with van der Waals surface area (Å²) < 4.78 is 10.7. The lowest BCUT2D eigenvalue weighted by molar-refractivity contribution is -0.125. The summed E-state index contributed by atoms with van der Waals surface area (Å²) in [5.41, 5.74) is 0.557. The standard InChI is InChI=1S/C20H24N4O3/c21-13-16-4-5-19(23-14-16)24-9-6-17(7-10-24)20(25)22-8-2-11-26-15-18-3-1-12-27-18/h1,3-5,12,14,17H,2,6-11,15H2,(H,22,25). The lowest BCUT2D eigenvalue weighted by atomic mass is 9.96. The number of pyridine rings is 1. The number of carbonyl (C=O) groups is 1. The van der Waals surface area contributed by atoms with Crippen molar-refractivity contribution in [2.75, 3.05) is 31.1 Å². The Kier molecular flexibility index (Phi) is 6.83. The minimum atomic E-state index is 0.0451. The molecule has 1 aliphatic heterocycles. The zero-order valence-corrected chi connectivity index (χ0v) is 15.3. The molecular formula is C20H24N4O3. The van der Waals surface area contributed by atoms with E-state index in [-0.39, 0.29) is 11.8 Å². The highest BCUT2D eigenvalue weighted by Gasteiger charge is 2.25. The van der Waals surface area contributed by atoms with Crippen LogP contribution < -0.4 is 10.2 Å². The molecule has 3 rings (SSSR count). The second-order valence-electron chi connectivity index (χ2n) is 6.55. The normalized spacial score (nSPS) is 14.7. The van der Waals surface area contributed by atoms with Gasteiger partial charge >= 0.3 is 0 Å². The number of furan rings is 1. The van der Waals surface area contributed by atoms with Crippen LogP contribution in [0, 0.1) is 17.2 Å². The number of ether oxygens (including phenoxy) is 1. The van der Waals surface area contributed by atoms with Crippen molar-refractivity contribution in [2.45, 2.75) is 25.9 Å². The molecule has 1 fully saturated rings. The van der Waals surface area contributed by atoms with Gasteiger partial charge in [0, 0.05) is 38.4 Å². The maximum atomic E-state index is 12.3. The Morgan fingerprint density at radius 1 is 1.37 bits per heavy atom. The SMILES string of the molecule is N#Cc1ccc(N2CCC(C(=O)NCCCOCc3ccco3)CC2)nc1. The van der Waals surface area contributed by atoms with Gasteiger partial charge in [0.15, 0.2) is 0 Å². The minimum absolute atomic E-state index is 0.0451. The molecule has 142 valence electrons. The fraction of sp³-hybridized carbons (Fsp3) is 0.450. The average molecular weight is 368 g/mol. The number of nitrogens with zero attached hydrogens (tertiary/aromatic N) is 3. The second-order valence-corrected chi connectivity index (χ2v) is 6.55. The number of aromatic nitrogens is 1. The van der Waals surface area contributed by atoms with E-state index in [2.05, 4.69) is 21.3 Å². The summed E-state index contributed by atoms with van der Waals surface area (Å²) in [5, 5.41) is 11.8. The first kappa shape index (κ1) is 18.9. The summed E-state index contributed by atoms with van der Waals surface area (Å²) in [7, 11) is 0. The predicted molar refractivity (Wildman–Crippen MR) is 99.9 cm³/mol. The van der Waals surface area contributed by atoms with Crippen LogP contribution in [0.1, 0.15) is 30.6 Å². The molecule has 1 aliphatic rings. The summed E-state index contributed by atoms with van der Waals surface area (Å²) in [5.74, 6) is 1.83. The van der Waals surface area contributed by atoms with E-state index in [0.717, 1.165) is 43.9 Å². The molecule has 0 aromatic carbocycles. The van der Waals surface area contributed by atoms with Gasteiger partial charge < -0.3 is 19.4 Å². The number of hydrogen-bond acceptors (Lipinski definition) is 6. The molecule has 1 amide bonds. The number of carbonyl (C=O) groups excluding carboxylic acids is 1. The van der Waals surface area contributed by atoms with E-state index in [0.29, 0.717) is 25.3 Å². The van der Waals surface area contributed by atoms with Crippen LogP contribution in [0.4, 0.5) is 5.82 Å². The molecule has 0 bridgehead atoms. The fourth-order valence-electron chi connectivity index (χ4n) is 3.11. The van der Waals surface area contributed by atoms with Crippen molar-refractivity contribution in [1.82, 2.24) is 10.3 Å². The molecule has 27 heavy (non-hydrogen) atoms. The third-order valence-electron chi connectivity index (χ3n) is 4.66. The highest BCUT2D eigenvalue weighted by molar-refractivity contribution is 5.78. The number of nitriles is 1. The Morgan fingerprint density at radius 3 is 2.89 bits per heavy atom. The summed E-state index contributed by atoms with van der Waals surface area (Å²) in [6.07, 6.45) is 5.61. The second kappa shape index (κ2) is 9.74. The van der Waals surface area contributed by atoms with E-state index >= 15 is 0 Å². The summed E-state index contributed by atoms with van der Waals surface area (Å²) >= 11 is 0. The van der Waals surface area contributed by atoms with Gasteiger partial charge in [-0.05, 0) is 43.5 Å². The molecule has 7 nitrogen and oxygen atoms in total. The van der Waals surface area contributed by atoms with Crippen LogP contribution in [0.2, 0.25) is 0 Å². The largest absolute Gasteiger partial charge is 0.467 e. The molecular weight excluding hydrogens is 344 g/mol. The Morgan fingerprint density at radius 2 is 2.22 bits per heavy atom. The molecule has 1 saturated heterocycles. The molecule has 2 aromatic heterocycles. The summed E-state index contributed by atoms with van der Waals surface area (Å²) in [6.45, 7) is 3.26. The zero-order chi connectivity index (χ0) is 18.9. The van der Waals surface area contributed by atoms with E-state index in [1.165, 1.54) is 0 Å². The van der Waals surface area contributed by atoms with Crippen molar-refractivity contribution >= 4 is 11.7 Å². The van der Waals surface area contributed by atoms with Crippen LogP contribution in [0.15, 0.2) is 41.1 Å². The maximum absolute atomic E-state index is 12.3. The van der Waals surface area contributed by atoms with Gasteiger partial charge in [-0.1, -0.05) is 0 Å². The van der Waals surface area contributed by atoms with Crippen molar-refractivity contribution in [3.63, 3.8) is 0 Å². The fourth-order valence-corrected chi connectivity index (χ4v) is 3.11. The number of piperidine rings is 1. The smallest absolute Gasteiger partial charge is 0.223 e. The Hall–Kier alpha value is -2.85. The topological polar surface area (TPSA) is 91.4 Å². The molecule has 0 unspecified atom stereocenters. The third kappa shape index (κ3) is 5.56. The van der Waals surface area contributed by atoms with Crippen molar-refractivity contribution in [3.8, 4) is 6.07 Å². The van der Waals surface area contributed by atoms with Crippen LogP contribution in [-0.2, 0) is 16.1 Å². The van der Waals surface area contributed by atoms with Crippen molar-refractivity contribution < 1.29 is 13.9 Å². The quantitative estimate of drug-likeness (QED) is 0.720. The van der Waals surface area contributed by atoms with Gasteiger partial charge in [-0.2, -0.15) is 5.26 Å². The maximum Gasteiger partial charge on any atom is 0.223 e. The molecule has 2 aromatic rings. The lowest BCUT2D eigenvalue weighted by Gasteiger charge is -2.32. The average Bonchev–Trinajstić information content (AvgIpc) is 3.24. The third-order valence-corrected chi connectivity index (χ3v) is 4.66. The summed E-state index contributed by atoms with van der Waals surface area (Å²) in [6, 6.07) is 9.42. The highest BCUT2D eigenvalue weighted by Crippen LogP contribution is 2.22. The van der Waals surface area contributed by atoms with Gasteiger partial charge in [0.2, 0.25) is 5.91 Å². The van der Waals surface area contributed by atoms with Crippen LogP contribution in [0.5, 0.6) is 0 Å². The van der Waals surface area contributed by atoms with Crippen molar-refractivity contribution in [2.24, 2.45) is 5.92 Å². The minimum Gasteiger partial charge on any atom is -0.467 e. The van der Waals surface area contributed by atoms with Crippen LogP contribution >= 0.6 is 0 Å². The van der Waals surface area contributed by atoms with E-state index in [1.807, 2.05) is 18.2 Å². The first-order valence-corrected chi connectivity index (χ1v) is 9.25. The van der Waals surface area contributed by atoms with Gasteiger partial charge in [0.05, 0.1) is 11.8 Å². The lowest BCUT2D eigenvalue weighted by Crippen LogP contribution is -2.41. The van der Waals surface area contributed by atoms with Crippen molar-refractivity contribution in [3.05, 3.63) is 48.0 Å². The molecule has 0 atom stereocenters. The first-order valence-electron chi connectivity index (χ1n) is 9.25. The van der Waals surface area contributed by atoms with Crippen LogP contribution in [-0.4, -0.2) is 37.1 Å². The number of hydrogen-bond donors (Lipinski definition) is 1. The van der Waals surface area contributed by atoms with Gasteiger partial charge in [0.1, 0.15) is 24.3 Å². The number of rotatable bonds is 8. The van der Waals surface area contributed by atoms with Gasteiger partial charge in [-0.3, -0.25) is 4.79 Å². The molecule has 1 N–H and O–H groups in total.